The van der Waals surface area contributed by atoms with Crippen LogP contribution in [0.25, 0.3) is 10.8 Å². The fourth-order valence-corrected chi connectivity index (χ4v) is 4.91. The SMILES string of the molecule is CN(C(=O)COc1cccc2ccccc12)C1(N2CCCC2)CCCCC1. The molecular formula is C23H30N2O2. The quantitative estimate of drug-likeness (QED) is 0.785. The molecule has 0 spiro atoms. The Morgan fingerprint density at radius 1 is 1.00 bits per heavy atom. The maximum atomic E-state index is 13.1. The number of amides is 1. The molecule has 2 aliphatic rings. The molecule has 1 aliphatic carbocycles. The van der Waals surface area contributed by atoms with Gasteiger partial charge in [-0.1, -0.05) is 42.8 Å². The lowest BCUT2D eigenvalue weighted by molar-refractivity contribution is -0.150. The maximum absolute atomic E-state index is 13.1. The fraction of sp³-hybridized carbons (Fsp3) is 0.522. The number of nitrogens with zero attached hydrogens (tertiary/aromatic N) is 2. The van der Waals surface area contributed by atoms with Crippen LogP contribution in [0.3, 0.4) is 0 Å². The van der Waals surface area contributed by atoms with Crippen LogP contribution in [-0.2, 0) is 4.79 Å². The summed E-state index contributed by atoms with van der Waals surface area (Å²) in [5.74, 6) is 0.866. The third kappa shape index (κ3) is 3.55. The Morgan fingerprint density at radius 2 is 1.70 bits per heavy atom. The van der Waals surface area contributed by atoms with Crippen molar-refractivity contribution in [1.82, 2.24) is 9.80 Å². The minimum atomic E-state index is -0.103. The molecule has 1 saturated carbocycles. The minimum Gasteiger partial charge on any atom is -0.483 e. The number of fused-ring (bicyclic) bond motifs is 1. The summed E-state index contributed by atoms with van der Waals surface area (Å²) < 4.78 is 5.99. The van der Waals surface area contributed by atoms with Gasteiger partial charge in [0.2, 0.25) is 0 Å². The third-order valence-corrected chi connectivity index (χ3v) is 6.45. The van der Waals surface area contributed by atoms with E-state index in [1.807, 2.05) is 42.3 Å². The number of likely N-dealkylation sites (tertiary alicyclic amines) is 1. The van der Waals surface area contributed by atoms with E-state index in [-0.39, 0.29) is 18.2 Å². The molecule has 0 N–H and O–H groups in total. The van der Waals surface area contributed by atoms with Crippen molar-refractivity contribution < 1.29 is 9.53 Å². The summed E-state index contributed by atoms with van der Waals surface area (Å²) in [6.45, 7) is 2.32. The average molecular weight is 367 g/mol. The predicted molar refractivity (Wildman–Crippen MR) is 109 cm³/mol. The predicted octanol–water partition coefficient (Wildman–Crippen LogP) is 4.43. The fourth-order valence-electron chi connectivity index (χ4n) is 4.91. The number of ether oxygens (including phenoxy) is 1. The number of hydrogen-bond acceptors (Lipinski definition) is 3. The summed E-state index contributed by atoms with van der Waals surface area (Å²) >= 11 is 0. The van der Waals surface area contributed by atoms with Crippen molar-refractivity contribution in [3.05, 3.63) is 42.5 Å². The van der Waals surface area contributed by atoms with Gasteiger partial charge >= 0.3 is 0 Å². The molecule has 0 bridgehead atoms. The molecule has 1 amide bonds. The zero-order valence-corrected chi connectivity index (χ0v) is 16.3. The van der Waals surface area contributed by atoms with E-state index in [9.17, 15) is 4.79 Å². The summed E-state index contributed by atoms with van der Waals surface area (Å²) in [5.41, 5.74) is -0.103. The van der Waals surface area contributed by atoms with Crippen LogP contribution in [0.4, 0.5) is 0 Å². The van der Waals surface area contributed by atoms with Gasteiger partial charge in [-0.15, -0.1) is 0 Å². The van der Waals surface area contributed by atoms with Crippen LogP contribution < -0.4 is 4.74 Å². The number of likely N-dealkylation sites (N-methyl/N-ethyl adjacent to an activating group) is 1. The molecule has 2 fully saturated rings. The van der Waals surface area contributed by atoms with Gasteiger partial charge in [0.05, 0.1) is 5.66 Å². The number of carbonyl (C=O) groups excluding carboxylic acids is 1. The molecule has 2 aromatic rings. The van der Waals surface area contributed by atoms with Crippen LogP contribution >= 0.6 is 0 Å². The van der Waals surface area contributed by atoms with Gasteiger partial charge in [0.25, 0.3) is 5.91 Å². The van der Waals surface area contributed by atoms with Crippen molar-refractivity contribution in [3.63, 3.8) is 0 Å². The van der Waals surface area contributed by atoms with Crippen LogP contribution in [0.15, 0.2) is 42.5 Å². The molecule has 144 valence electrons. The zero-order valence-electron chi connectivity index (χ0n) is 16.3. The van der Waals surface area contributed by atoms with E-state index in [1.54, 1.807) is 0 Å². The minimum absolute atomic E-state index is 0.0803. The van der Waals surface area contributed by atoms with E-state index in [4.69, 9.17) is 4.74 Å². The summed E-state index contributed by atoms with van der Waals surface area (Å²) in [5, 5.41) is 2.19. The Morgan fingerprint density at radius 3 is 2.48 bits per heavy atom. The Hall–Kier alpha value is -2.07. The highest BCUT2D eigenvalue weighted by Crippen LogP contribution is 2.38. The Balaban J connectivity index is 1.49. The first-order valence-electron chi connectivity index (χ1n) is 10.3. The van der Waals surface area contributed by atoms with Gasteiger partial charge in [-0.2, -0.15) is 0 Å². The van der Waals surface area contributed by atoms with E-state index in [1.165, 1.54) is 32.1 Å². The van der Waals surface area contributed by atoms with Crippen molar-refractivity contribution in [2.75, 3.05) is 26.7 Å². The molecule has 0 unspecified atom stereocenters. The lowest BCUT2D eigenvalue weighted by Gasteiger charge is -2.50. The van der Waals surface area contributed by atoms with E-state index < -0.39 is 0 Å². The van der Waals surface area contributed by atoms with Gasteiger partial charge in [-0.3, -0.25) is 9.69 Å². The Kier molecular flexibility index (Phi) is 5.35. The van der Waals surface area contributed by atoms with Crippen LogP contribution in [0.5, 0.6) is 5.75 Å². The summed E-state index contributed by atoms with van der Waals surface area (Å²) in [7, 11) is 1.98. The van der Waals surface area contributed by atoms with Crippen LogP contribution in [0.1, 0.15) is 44.9 Å². The topological polar surface area (TPSA) is 32.8 Å². The molecule has 0 aromatic heterocycles. The van der Waals surface area contributed by atoms with Crippen molar-refractivity contribution in [2.45, 2.75) is 50.6 Å². The average Bonchev–Trinajstić information content (AvgIpc) is 3.27. The Bertz CT molecular complexity index is 787. The largest absolute Gasteiger partial charge is 0.483 e. The van der Waals surface area contributed by atoms with Gasteiger partial charge in [-0.25, -0.2) is 0 Å². The van der Waals surface area contributed by atoms with E-state index in [0.717, 1.165) is 42.5 Å². The third-order valence-electron chi connectivity index (χ3n) is 6.45. The maximum Gasteiger partial charge on any atom is 0.261 e. The molecule has 1 heterocycles. The second-order valence-corrected chi connectivity index (χ2v) is 7.96. The monoisotopic (exact) mass is 366 g/mol. The van der Waals surface area contributed by atoms with E-state index in [2.05, 4.69) is 17.0 Å². The highest BCUT2D eigenvalue weighted by Gasteiger charge is 2.44. The van der Waals surface area contributed by atoms with Gasteiger partial charge in [-0.05, 0) is 50.0 Å². The molecule has 0 atom stereocenters. The van der Waals surface area contributed by atoms with Crippen LogP contribution in [0.2, 0.25) is 0 Å². The number of rotatable bonds is 5. The number of hydrogen-bond donors (Lipinski definition) is 0. The van der Waals surface area contributed by atoms with Gasteiger partial charge in [0, 0.05) is 25.5 Å². The molecule has 4 heteroatoms. The zero-order chi connectivity index (χ0) is 18.7. The van der Waals surface area contributed by atoms with E-state index in [0.29, 0.717) is 0 Å². The first-order valence-corrected chi connectivity index (χ1v) is 10.3. The molecule has 1 aliphatic heterocycles. The van der Waals surface area contributed by atoms with Gasteiger partial charge in [0.1, 0.15) is 5.75 Å². The van der Waals surface area contributed by atoms with Gasteiger partial charge in [0.15, 0.2) is 6.61 Å². The van der Waals surface area contributed by atoms with Crippen molar-refractivity contribution >= 4 is 16.7 Å². The van der Waals surface area contributed by atoms with Crippen molar-refractivity contribution in [2.24, 2.45) is 0 Å². The van der Waals surface area contributed by atoms with Crippen LogP contribution in [-0.4, -0.2) is 48.1 Å². The number of benzene rings is 2. The molecular weight excluding hydrogens is 336 g/mol. The first-order chi connectivity index (χ1) is 13.2. The van der Waals surface area contributed by atoms with Crippen molar-refractivity contribution in [1.29, 1.82) is 0 Å². The molecule has 27 heavy (non-hydrogen) atoms. The molecule has 4 rings (SSSR count). The van der Waals surface area contributed by atoms with Crippen LogP contribution in [0, 0.1) is 0 Å². The highest BCUT2D eigenvalue weighted by molar-refractivity contribution is 5.88. The smallest absolute Gasteiger partial charge is 0.261 e. The molecule has 0 radical (unpaired) electrons. The lowest BCUT2D eigenvalue weighted by atomic mass is 9.86. The second-order valence-electron chi connectivity index (χ2n) is 7.96. The summed E-state index contributed by atoms with van der Waals surface area (Å²) in [6, 6.07) is 14.2. The second kappa shape index (κ2) is 7.89. The Labute approximate surface area is 162 Å². The first kappa shape index (κ1) is 18.3. The molecule has 1 saturated heterocycles. The van der Waals surface area contributed by atoms with Crippen molar-refractivity contribution in [3.8, 4) is 5.75 Å². The molecule has 2 aromatic carbocycles. The number of carbonyl (C=O) groups is 1. The highest BCUT2D eigenvalue weighted by atomic mass is 16.5. The molecule has 4 nitrogen and oxygen atoms in total. The normalized spacial score (nSPS) is 19.9. The summed E-state index contributed by atoms with van der Waals surface area (Å²) in [4.78, 5) is 17.6. The van der Waals surface area contributed by atoms with E-state index >= 15 is 0 Å². The summed E-state index contributed by atoms with van der Waals surface area (Å²) in [6.07, 6.45) is 8.36. The standard InChI is InChI=1S/C23H30N2O2/c1-24(23(14-5-2-6-15-23)25-16-7-8-17-25)22(26)18-27-21-13-9-11-19-10-3-4-12-20(19)21/h3-4,9-13H,2,5-8,14-18H2,1H3. The lowest BCUT2D eigenvalue weighted by Crippen LogP contribution is -2.61. The van der Waals surface area contributed by atoms with Gasteiger partial charge < -0.3 is 9.64 Å².